The van der Waals surface area contributed by atoms with Crippen molar-refractivity contribution in [1.29, 1.82) is 0 Å². The fourth-order valence-corrected chi connectivity index (χ4v) is 3.50. The van der Waals surface area contributed by atoms with Gasteiger partial charge in [-0.15, -0.1) is 0 Å². The van der Waals surface area contributed by atoms with Crippen molar-refractivity contribution in [2.45, 2.75) is 12.1 Å². The Bertz CT molecular complexity index is 1130. The summed E-state index contributed by atoms with van der Waals surface area (Å²) >= 11 is 1.25. The molecule has 0 fully saturated rings. The smallest absolute Gasteiger partial charge is 0.234 e. The first kappa shape index (κ1) is 21.3. The van der Waals surface area contributed by atoms with Gasteiger partial charge in [-0.3, -0.25) is 4.79 Å². The van der Waals surface area contributed by atoms with Gasteiger partial charge in [-0.1, -0.05) is 66.4 Å². The van der Waals surface area contributed by atoms with Gasteiger partial charge in [0.25, 0.3) is 0 Å². The van der Waals surface area contributed by atoms with Gasteiger partial charge >= 0.3 is 0 Å². The van der Waals surface area contributed by atoms with Crippen molar-refractivity contribution in [1.82, 2.24) is 15.0 Å². The molecule has 0 aliphatic rings. The number of carbonyl (C=O) groups excluding carboxylic acids is 1. The van der Waals surface area contributed by atoms with Crippen molar-refractivity contribution in [2.75, 3.05) is 21.7 Å². The number of hydrogen-bond donors (Lipinski definition) is 3. The van der Waals surface area contributed by atoms with Crippen LogP contribution in [0.4, 0.5) is 29.0 Å². The van der Waals surface area contributed by atoms with Crippen LogP contribution < -0.4 is 16.0 Å². The standard InChI is InChI=1S/C24H22N6OS/c1-17-10-8-9-15-20(17)27-21(31)16-32-24-29-22(25-18-11-4-2-5-12-18)28-23(30-24)26-19-13-6-3-7-14-19/h2-15H,16H2,1H3,(H,27,31)(H2,25,26,28,29,30). The molecule has 4 aromatic rings. The molecule has 0 saturated heterocycles. The number of nitrogens with zero attached hydrogens (tertiary/aromatic N) is 3. The fourth-order valence-electron chi connectivity index (χ4n) is 2.86. The minimum Gasteiger partial charge on any atom is -0.325 e. The third-order valence-electron chi connectivity index (χ3n) is 4.43. The molecular weight excluding hydrogens is 420 g/mol. The molecule has 3 N–H and O–H groups in total. The minimum absolute atomic E-state index is 0.125. The van der Waals surface area contributed by atoms with Crippen molar-refractivity contribution >= 4 is 46.6 Å². The molecule has 32 heavy (non-hydrogen) atoms. The van der Waals surface area contributed by atoms with Crippen LogP contribution >= 0.6 is 11.8 Å². The van der Waals surface area contributed by atoms with E-state index in [0.717, 1.165) is 22.6 Å². The van der Waals surface area contributed by atoms with E-state index in [0.29, 0.717) is 17.1 Å². The molecule has 1 amide bonds. The van der Waals surface area contributed by atoms with Crippen molar-refractivity contribution in [3.8, 4) is 0 Å². The number of benzene rings is 3. The van der Waals surface area contributed by atoms with Crippen molar-refractivity contribution < 1.29 is 4.79 Å². The molecule has 160 valence electrons. The Labute approximate surface area is 190 Å². The van der Waals surface area contributed by atoms with Crippen molar-refractivity contribution in [2.24, 2.45) is 0 Å². The molecular formula is C24H22N6OS. The first-order valence-corrected chi connectivity index (χ1v) is 11.0. The second kappa shape index (κ2) is 10.4. The van der Waals surface area contributed by atoms with Gasteiger partial charge in [0.2, 0.25) is 17.8 Å². The summed E-state index contributed by atoms with van der Waals surface area (Å²) in [6.45, 7) is 1.96. The monoisotopic (exact) mass is 442 g/mol. The summed E-state index contributed by atoms with van der Waals surface area (Å²) in [6.07, 6.45) is 0. The van der Waals surface area contributed by atoms with E-state index >= 15 is 0 Å². The highest BCUT2D eigenvalue weighted by atomic mass is 32.2. The Morgan fingerprint density at radius 1 is 0.750 bits per heavy atom. The lowest BCUT2D eigenvalue weighted by Crippen LogP contribution is -2.15. The molecule has 0 aliphatic heterocycles. The molecule has 1 aromatic heterocycles. The Kier molecular flexibility index (Phi) is 6.94. The van der Waals surface area contributed by atoms with Gasteiger partial charge in [0.05, 0.1) is 5.75 Å². The van der Waals surface area contributed by atoms with Crippen LogP contribution in [-0.4, -0.2) is 26.6 Å². The van der Waals surface area contributed by atoms with Crippen LogP contribution in [0.5, 0.6) is 0 Å². The molecule has 0 bridgehead atoms. The summed E-state index contributed by atoms with van der Waals surface area (Å²) in [6, 6.07) is 27.0. The number of nitrogens with one attached hydrogen (secondary N) is 3. The third-order valence-corrected chi connectivity index (χ3v) is 5.27. The molecule has 4 rings (SSSR count). The molecule has 7 nitrogen and oxygen atoms in total. The van der Waals surface area contributed by atoms with E-state index in [1.807, 2.05) is 91.9 Å². The Morgan fingerprint density at radius 2 is 1.28 bits per heavy atom. The average molecular weight is 443 g/mol. The summed E-state index contributed by atoms with van der Waals surface area (Å²) in [5.74, 6) is 0.839. The van der Waals surface area contributed by atoms with Gasteiger partial charge in [-0.2, -0.15) is 15.0 Å². The van der Waals surface area contributed by atoms with Gasteiger partial charge < -0.3 is 16.0 Å². The minimum atomic E-state index is -0.125. The van der Waals surface area contributed by atoms with E-state index in [2.05, 4.69) is 30.9 Å². The molecule has 8 heteroatoms. The van der Waals surface area contributed by atoms with Gasteiger partial charge in [0.15, 0.2) is 5.16 Å². The fraction of sp³-hybridized carbons (Fsp3) is 0.0833. The van der Waals surface area contributed by atoms with E-state index in [9.17, 15) is 4.79 Å². The van der Waals surface area contributed by atoms with E-state index < -0.39 is 0 Å². The number of rotatable bonds is 8. The lowest BCUT2D eigenvalue weighted by atomic mass is 10.2. The first-order chi connectivity index (χ1) is 15.7. The third kappa shape index (κ3) is 6.05. The molecule has 0 atom stereocenters. The number of hydrogen-bond acceptors (Lipinski definition) is 7. The number of amides is 1. The Hall–Kier alpha value is -3.91. The largest absolute Gasteiger partial charge is 0.325 e. The molecule has 0 radical (unpaired) electrons. The molecule has 0 aliphatic carbocycles. The summed E-state index contributed by atoms with van der Waals surface area (Å²) in [5.41, 5.74) is 3.52. The second-order valence-electron chi connectivity index (χ2n) is 6.90. The zero-order valence-corrected chi connectivity index (χ0v) is 18.3. The van der Waals surface area contributed by atoms with Gasteiger partial charge in [-0.25, -0.2) is 0 Å². The summed E-state index contributed by atoms with van der Waals surface area (Å²) in [7, 11) is 0. The summed E-state index contributed by atoms with van der Waals surface area (Å²) in [5, 5.41) is 9.75. The number of anilines is 5. The Balaban J connectivity index is 1.50. The van der Waals surface area contributed by atoms with Crippen LogP contribution in [0.15, 0.2) is 90.1 Å². The van der Waals surface area contributed by atoms with Crippen LogP contribution in [-0.2, 0) is 4.79 Å². The molecule has 0 spiro atoms. The number of carbonyl (C=O) groups is 1. The van der Waals surface area contributed by atoms with Crippen LogP contribution in [0.2, 0.25) is 0 Å². The number of para-hydroxylation sites is 3. The summed E-state index contributed by atoms with van der Waals surface area (Å²) in [4.78, 5) is 25.9. The zero-order valence-electron chi connectivity index (χ0n) is 17.4. The zero-order chi connectivity index (χ0) is 22.2. The maximum absolute atomic E-state index is 12.5. The van der Waals surface area contributed by atoms with E-state index in [4.69, 9.17) is 0 Å². The second-order valence-corrected chi connectivity index (χ2v) is 7.84. The molecule has 3 aromatic carbocycles. The molecule has 1 heterocycles. The van der Waals surface area contributed by atoms with Crippen LogP contribution in [0.25, 0.3) is 0 Å². The maximum atomic E-state index is 12.5. The van der Waals surface area contributed by atoms with Gasteiger partial charge in [0, 0.05) is 17.1 Å². The van der Waals surface area contributed by atoms with Gasteiger partial charge in [-0.05, 0) is 42.8 Å². The number of aryl methyl sites for hydroxylation is 1. The van der Waals surface area contributed by atoms with E-state index in [1.165, 1.54) is 11.8 Å². The number of aromatic nitrogens is 3. The predicted molar refractivity (Wildman–Crippen MR) is 130 cm³/mol. The van der Waals surface area contributed by atoms with Crippen molar-refractivity contribution in [3.05, 3.63) is 90.5 Å². The Morgan fingerprint density at radius 3 is 1.84 bits per heavy atom. The number of thioether (sulfide) groups is 1. The van der Waals surface area contributed by atoms with E-state index in [1.54, 1.807) is 0 Å². The SMILES string of the molecule is Cc1ccccc1NC(=O)CSc1nc(Nc2ccccc2)nc(Nc2ccccc2)n1. The highest BCUT2D eigenvalue weighted by molar-refractivity contribution is 7.99. The van der Waals surface area contributed by atoms with Crippen LogP contribution in [0.3, 0.4) is 0 Å². The lowest BCUT2D eigenvalue weighted by Gasteiger charge is -2.11. The highest BCUT2D eigenvalue weighted by Gasteiger charge is 2.11. The van der Waals surface area contributed by atoms with Crippen LogP contribution in [0.1, 0.15) is 5.56 Å². The summed E-state index contributed by atoms with van der Waals surface area (Å²) < 4.78 is 0. The maximum Gasteiger partial charge on any atom is 0.234 e. The van der Waals surface area contributed by atoms with Crippen LogP contribution in [0, 0.1) is 6.92 Å². The quantitative estimate of drug-likeness (QED) is 0.315. The van der Waals surface area contributed by atoms with Gasteiger partial charge in [0.1, 0.15) is 0 Å². The molecule has 0 saturated carbocycles. The molecule has 0 unspecified atom stereocenters. The van der Waals surface area contributed by atoms with Crippen molar-refractivity contribution in [3.63, 3.8) is 0 Å². The first-order valence-electron chi connectivity index (χ1n) is 10.0. The predicted octanol–water partition coefficient (Wildman–Crippen LogP) is 5.40. The lowest BCUT2D eigenvalue weighted by molar-refractivity contribution is -0.113. The average Bonchev–Trinajstić information content (AvgIpc) is 2.80. The van der Waals surface area contributed by atoms with E-state index in [-0.39, 0.29) is 11.7 Å². The topological polar surface area (TPSA) is 91.8 Å². The highest BCUT2D eigenvalue weighted by Crippen LogP contribution is 2.22. The normalized spacial score (nSPS) is 10.4.